The molecule has 0 amide bonds. The van der Waals surface area contributed by atoms with E-state index in [0.29, 0.717) is 22.3 Å². The largest absolute Gasteiger partial charge is 0.508 e. The molecule has 4 aromatic carbocycles. The van der Waals surface area contributed by atoms with Gasteiger partial charge in [0.15, 0.2) is 23.9 Å². The predicted molar refractivity (Wildman–Crippen MR) is 239 cm³/mol. The SMILES string of the molecule is COc1cc(/C=C/C(=O)OC[C@@H]2O[C@H](O[C@@]3(COC(=O)/C=C/c4ccc(O)cc4)O[C@@H](COC(=O)/C=C/c4ccc(O)cc4)[C@H](O)[C@H]3OC(=O)/C=C/c3ccc(O)cc3)[C@@H](O)[C@H](O)[C@H]2O)ccc1O. The summed E-state index contributed by atoms with van der Waals surface area (Å²) < 4.78 is 45.0. The topological polar surface area (TPSA) is 304 Å². The Morgan fingerprint density at radius 3 is 1.51 bits per heavy atom. The van der Waals surface area contributed by atoms with E-state index >= 15 is 0 Å². The normalized spacial score (nSPS) is 24.7. The fraction of sp³-hybridized carbons (Fsp3) is 0.265. The maximum absolute atomic E-state index is 13.5. The van der Waals surface area contributed by atoms with Crippen LogP contribution in [0.1, 0.15) is 22.3 Å². The number of esters is 4. The first-order chi connectivity index (χ1) is 33.0. The van der Waals surface area contributed by atoms with Crippen LogP contribution < -0.4 is 4.74 Å². The average Bonchev–Trinajstić information content (AvgIpc) is 3.59. The number of carbonyl (C=O) groups excluding carboxylic acids is 4. The molecule has 0 bridgehead atoms. The highest BCUT2D eigenvalue weighted by Crippen LogP contribution is 2.39. The van der Waals surface area contributed by atoms with Crippen LogP contribution in [-0.4, -0.2) is 146 Å². The smallest absolute Gasteiger partial charge is 0.331 e. The van der Waals surface area contributed by atoms with Gasteiger partial charge < -0.3 is 78.7 Å². The van der Waals surface area contributed by atoms with E-state index in [9.17, 15) is 60.0 Å². The Morgan fingerprint density at radius 1 is 0.551 bits per heavy atom. The van der Waals surface area contributed by atoms with Crippen molar-refractivity contribution in [1.82, 2.24) is 0 Å². The average molecular weight is 957 g/mol. The van der Waals surface area contributed by atoms with E-state index in [1.54, 1.807) is 0 Å². The van der Waals surface area contributed by atoms with Gasteiger partial charge in [-0.1, -0.05) is 42.5 Å². The number of ether oxygens (including phenoxy) is 8. The minimum Gasteiger partial charge on any atom is -0.508 e. The first-order valence-electron chi connectivity index (χ1n) is 20.9. The molecule has 2 heterocycles. The highest BCUT2D eigenvalue weighted by Gasteiger charge is 2.62. The first kappa shape index (κ1) is 50.8. The molecule has 2 saturated heterocycles. The number of benzene rings is 4. The minimum atomic E-state index is -2.69. The van der Waals surface area contributed by atoms with Gasteiger partial charge in [0.25, 0.3) is 0 Å². The number of rotatable bonds is 18. The number of hydrogen-bond acceptors (Lipinski definition) is 20. The molecular formula is C49H48O20. The second kappa shape index (κ2) is 23.4. The number of aliphatic hydroxyl groups excluding tert-OH is 4. The zero-order valence-corrected chi connectivity index (χ0v) is 36.5. The third-order valence-corrected chi connectivity index (χ3v) is 10.4. The zero-order valence-electron chi connectivity index (χ0n) is 36.5. The third kappa shape index (κ3) is 14.0. The lowest BCUT2D eigenvalue weighted by Gasteiger charge is -2.43. The molecule has 20 heteroatoms. The van der Waals surface area contributed by atoms with Gasteiger partial charge in [-0.15, -0.1) is 0 Å². The summed E-state index contributed by atoms with van der Waals surface area (Å²) in [4.78, 5) is 52.4. The van der Waals surface area contributed by atoms with Crippen molar-refractivity contribution in [2.45, 2.75) is 54.8 Å². The van der Waals surface area contributed by atoms with Crippen molar-refractivity contribution in [3.63, 3.8) is 0 Å². The molecule has 4 aromatic rings. The van der Waals surface area contributed by atoms with Crippen LogP contribution >= 0.6 is 0 Å². The first-order valence-corrected chi connectivity index (χ1v) is 20.9. The molecule has 0 aliphatic carbocycles. The minimum absolute atomic E-state index is 0.00809. The molecular weight excluding hydrogens is 909 g/mol. The van der Waals surface area contributed by atoms with Crippen LogP contribution in [0.5, 0.6) is 28.7 Å². The standard InChI is InChI=1S/C49H48O20/c1-62-36-24-31(8-19-35(36)53)12-22-40(55)63-25-37-43(58)45(60)46(61)48(66-37)69-49(27-65-41(56)21-10-29-4-15-33(51)16-5-29)47(67-42(57)23-11-30-6-17-34(52)18-7-30)44(59)38(68-49)26-64-39(54)20-9-28-2-13-32(50)14-3-28/h2-24,37-38,43-48,50-53,58-61H,25-27H2,1H3/b20-9+,21-10+,22-12+,23-11+/t37-,38-,43-,44-,45+,46-,47+,48+,49+/m0/s1. The van der Waals surface area contributed by atoms with Crippen molar-refractivity contribution >= 4 is 48.2 Å². The predicted octanol–water partition coefficient (Wildman–Crippen LogP) is 2.49. The van der Waals surface area contributed by atoms with Gasteiger partial charge in [-0.25, -0.2) is 19.2 Å². The monoisotopic (exact) mass is 956 g/mol. The lowest BCUT2D eigenvalue weighted by atomic mass is 9.98. The van der Waals surface area contributed by atoms with Crippen molar-refractivity contribution in [3.8, 4) is 28.7 Å². The van der Waals surface area contributed by atoms with E-state index in [2.05, 4.69) is 0 Å². The molecule has 9 atom stereocenters. The molecule has 0 unspecified atom stereocenters. The fourth-order valence-corrected chi connectivity index (χ4v) is 6.75. The van der Waals surface area contributed by atoms with E-state index in [0.717, 1.165) is 24.3 Å². The molecule has 8 N–H and O–H groups in total. The maximum atomic E-state index is 13.5. The summed E-state index contributed by atoms with van der Waals surface area (Å²) in [5.41, 5.74) is 1.85. The Labute approximate surface area is 393 Å². The third-order valence-electron chi connectivity index (χ3n) is 10.4. The van der Waals surface area contributed by atoms with Gasteiger partial charge in [0.05, 0.1) is 7.11 Å². The number of hydrogen-bond donors (Lipinski definition) is 8. The Bertz CT molecular complexity index is 2520. The molecule has 6 rings (SSSR count). The molecule has 0 saturated carbocycles. The van der Waals surface area contributed by atoms with Gasteiger partial charge in [0, 0.05) is 24.3 Å². The van der Waals surface area contributed by atoms with Crippen molar-refractivity contribution in [3.05, 3.63) is 138 Å². The van der Waals surface area contributed by atoms with Crippen molar-refractivity contribution in [2.75, 3.05) is 26.9 Å². The molecule has 2 aliphatic rings. The van der Waals surface area contributed by atoms with E-state index in [1.807, 2.05) is 0 Å². The van der Waals surface area contributed by atoms with E-state index in [1.165, 1.54) is 122 Å². The molecule has 0 aromatic heterocycles. The van der Waals surface area contributed by atoms with E-state index < -0.39 is 98.5 Å². The summed E-state index contributed by atoms with van der Waals surface area (Å²) in [7, 11) is 1.34. The summed E-state index contributed by atoms with van der Waals surface area (Å²) in [5, 5.41) is 83.7. The van der Waals surface area contributed by atoms with Crippen molar-refractivity contribution in [1.29, 1.82) is 0 Å². The molecule has 364 valence electrons. The van der Waals surface area contributed by atoms with Gasteiger partial charge in [-0.2, -0.15) is 0 Å². The molecule has 20 nitrogen and oxygen atoms in total. The summed E-state index contributed by atoms with van der Waals surface area (Å²) in [6, 6.07) is 21.5. The number of methoxy groups -OCH3 is 1. The Kier molecular flexibility index (Phi) is 17.3. The molecule has 69 heavy (non-hydrogen) atoms. The highest BCUT2D eigenvalue weighted by molar-refractivity contribution is 5.89. The summed E-state index contributed by atoms with van der Waals surface area (Å²) in [6.07, 6.45) is -6.19. The van der Waals surface area contributed by atoms with E-state index in [-0.39, 0.29) is 28.7 Å². The lowest BCUT2D eigenvalue weighted by Crippen LogP contribution is -2.63. The Balaban J connectivity index is 1.27. The van der Waals surface area contributed by atoms with E-state index in [4.69, 9.17) is 37.9 Å². The number of aromatic hydroxyl groups is 4. The van der Waals surface area contributed by atoms with Crippen LogP contribution in [-0.2, 0) is 52.3 Å². The van der Waals surface area contributed by atoms with Crippen molar-refractivity contribution < 1.29 is 97.9 Å². The van der Waals surface area contributed by atoms with Crippen LogP contribution in [0.25, 0.3) is 24.3 Å². The molecule has 0 spiro atoms. The van der Waals surface area contributed by atoms with Gasteiger partial charge >= 0.3 is 23.9 Å². The van der Waals surface area contributed by atoms with Gasteiger partial charge in [-0.05, 0) is 95.1 Å². The van der Waals surface area contributed by atoms with Gasteiger partial charge in [-0.3, -0.25) is 0 Å². The van der Waals surface area contributed by atoms with Gasteiger partial charge in [0.2, 0.25) is 5.79 Å². The second-order valence-corrected chi connectivity index (χ2v) is 15.4. The summed E-state index contributed by atoms with van der Waals surface area (Å²) >= 11 is 0. The summed E-state index contributed by atoms with van der Waals surface area (Å²) in [5.74, 6) is -6.87. The van der Waals surface area contributed by atoms with Gasteiger partial charge in [0.1, 0.15) is 73.7 Å². The lowest BCUT2D eigenvalue weighted by molar-refractivity contribution is -0.383. The Hall–Kier alpha value is -7.56. The maximum Gasteiger partial charge on any atom is 0.331 e. The fourth-order valence-electron chi connectivity index (χ4n) is 6.75. The zero-order chi connectivity index (χ0) is 49.7. The van der Waals surface area contributed by atoms with Crippen LogP contribution in [0.4, 0.5) is 0 Å². The number of carbonyl (C=O) groups is 4. The molecule has 0 radical (unpaired) electrons. The number of phenols is 4. The van der Waals surface area contributed by atoms with Crippen LogP contribution in [0.15, 0.2) is 115 Å². The van der Waals surface area contributed by atoms with Crippen LogP contribution in [0.2, 0.25) is 0 Å². The second-order valence-electron chi connectivity index (χ2n) is 15.4. The highest BCUT2D eigenvalue weighted by atomic mass is 16.8. The molecule has 2 aliphatic heterocycles. The quantitative estimate of drug-likeness (QED) is 0.0404. The van der Waals surface area contributed by atoms with Crippen LogP contribution in [0, 0.1) is 0 Å². The molecule has 2 fully saturated rings. The number of phenolic OH excluding ortho intramolecular Hbond substituents is 4. The van der Waals surface area contributed by atoms with Crippen molar-refractivity contribution in [2.24, 2.45) is 0 Å². The van der Waals surface area contributed by atoms with Crippen LogP contribution in [0.3, 0.4) is 0 Å². The Morgan fingerprint density at radius 2 is 1.00 bits per heavy atom. The summed E-state index contributed by atoms with van der Waals surface area (Å²) in [6.45, 7) is -2.57. The number of aliphatic hydroxyl groups is 4.